The fraction of sp³-hybridized carbons (Fsp3) is 0.556. The number of carbonyl (C=O) groups excluding carboxylic acids is 1. The molecule has 0 aliphatic carbocycles. The molecule has 1 aromatic rings. The van der Waals surface area contributed by atoms with Gasteiger partial charge in [0.05, 0.1) is 12.7 Å². The second-order valence-corrected chi connectivity index (χ2v) is 7.73. The Labute approximate surface area is 157 Å². The van der Waals surface area contributed by atoms with Crippen LogP contribution in [-0.2, 0) is 11.2 Å². The molecule has 0 aromatic heterocycles. The van der Waals surface area contributed by atoms with Crippen molar-refractivity contribution < 1.29 is 24.5 Å². The first-order chi connectivity index (χ1) is 12.1. The number of likely N-dealkylation sites (tertiary alicyclic amines) is 1. The van der Waals surface area contributed by atoms with Crippen LogP contribution in [0.2, 0.25) is 0 Å². The monoisotopic (exact) mass is 384 g/mol. The SMILES string of the molecule is COc1ccc(CC(C)(Cl)C(=O)NCC2(O)CCN(C(=O)O)CC2)cc1. The molecule has 0 bridgehead atoms. The van der Waals surface area contributed by atoms with E-state index in [0.29, 0.717) is 6.42 Å². The summed E-state index contributed by atoms with van der Waals surface area (Å²) in [4.78, 5) is 23.5. The number of rotatable bonds is 6. The molecular weight excluding hydrogens is 360 g/mol. The van der Waals surface area contributed by atoms with Gasteiger partial charge in [0, 0.05) is 26.1 Å². The maximum absolute atomic E-state index is 12.5. The molecule has 0 spiro atoms. The minimum absolute atomic E-state index is 0.0458. The number of benzene rings is 1. The summed E-state index contributed by atoms with van der Waals surface area (Å²) >= 11 is 6.41. The maximum atomic E-state index is 12.5. The summed E-state index contributed by atoms with van der Waals surface area (Å²) in [5.41, 5.74) is -0.221. The average Bonchev–Trinajstić information content (AvgIpc) is 2.60. The smallest absolute Gasteiger partial charge is 0.407 e. The number of alkyl halides is 1. The fourth-order valence-electron chi connectivity index (χ4n) is 2.93. The molecule has 7 nitrogen and oxygen atoms in total. The van der Waals surface area contributed by atoms with Gasteiger partial charge in [-0.1, -0.05) is 12.1 Å². The van der Waals surface area contributed by atoms with Crippen LogP contribution in [0.3, 0.4) is 0 Å². The van der Waals surface area contributed by atoms with Crippen molar-refractivity contribution in [2.75, 3.05) is 26.7 Å². The molecule has 144 valence electrons. The minimum atomic E-state index is -1.16. The van der Waals surface area contributed by atoms with E-state index >= 15 is 0 Å². The van der Waals surface area contributed by atoms with E-state index in [1.807, 2.05) is 12.1 Å². The van der Waals surface area contributed by atoms with Crippen LogP contribution in [0.25, 0.3) is 0 Å². The number of aliphatic hydroxyl groups is 1. The molecule has 3 N–H and O–H groups in total. The molecule has 1 unspecified atom stereocenters. The van der Waals surface area contributed by atoms with Gasteiger partial charge in [0.1, 0.15) is 10.6 Å². The predicted molar refractivity (Wildman–Crippen MR) is 97.7 cm³/mol. The van der Waals surface area contributed by atoms with Gasteiger partial charge in [0.15, 0.2) is 0 Å². The van der Waals surface area contributed by atoms with Gasteiger partial charge in [0.25, 0.3) is 0 Å². The van der Waals surface area contributed by atoms with Crippen LogP contribution >= 0.6 is 11.6 Å². The van der Waals surface area contributed by atoms with Crippen molar-refractivity contribution in [3.8, 4) is 5.75 Å². The Kier molecular flexibility index (Phi) is 6.36. The molecule has 2 rings (SSSR count). The number of amides is 2. The largest absolute Gasteiger partial charge is 0.497 e. The lowest BCUT2D eigenvalue weighted by Crippen LogP contribution is -2.54. The van der Waals surface area contributed by atoms with Gasteiger partial charge in [-0.05, 0) is 37.5 Å². The van der Waals surface area contributed by atoms with Crippen LogP contribution in [0.1, 0.15) is 25.3 Å². The third kappa shape index (κ3) is 5.25. The fourth-order valence-corrected chi connectivity index (χ4v) is 3.15. The Morgan fingerprint density at radius 2 is 1.88 bits per heavy atom. The highest BCUT2D eigenvalue weighted by Crippen LogP contribution is 2.25. The number of carbonyl (C=O) groups is 2. The number of nitrogens with zero attached hydrogens (tertiary/aromatic N) is 1. The van der Waals surface area contributed by atoms with Crippen molar-refractivity contribution in [2.24, 2.45) is 0 Å². The lowest BCUT2D eigenvalue weighted by molar-refractivity contribution is -0.125. The molecule has 8 heteroatoms. The quantitative estimate of drug-likeness (QED) is 0.650. The Bertz CT molecular complexity index is 639. The first kappa shape index (κ1) is 20.3. The molecule has 1 heterocycles. The van der Waals surface area contributed by atoms with Gasteiger partial charge in [-0.3, -0.25) is 4.79 Å². The van der Waals surface area contributed by atoms with Crippen molar-refractivity contribution in [3.05, 3.63) is 29.8 Å². The first-order valence-corrected chi connectivity index (χ1v) is 8.83. The van der Waals surface area contributed by atoms with Crippen LogP contribution in [0, 0.1) is 0 Å². The highest BCUT2D eigenvalue weighted by atomic mass is 35.5. The second-order valence-electron chi connectivity index (χ2n) is 6.90. The van der Waals surface area contributed by atoms with E-state index in [9.17, 15) is 14.7 Å². The van der Waals surface area contributed by atoms with Crippen LogP contribution in [-0.4, -0.2) is 64.3 Å². The number of carboxylic acid groups (broad SMARTS) is 1. The molecule has 1 atom stereocenters. The van der Waals surface area contributed by atoms with Crippen LogP contribution in [0.5, 0.6) is 5.75 Å². The number of hydrogen-bond donors (Lipinski definition) is 3. The number of ether oxygens (including phenoxy) is 1. The van der Waals surface area contributed by atoms with Crippen molar-refractivity contribution in [1.29, 1.82) is 0 Å². The average molecular weight is 385 g/mol. The minimum Gasteiger partial charge on any atom is -0.497 e. The summed E-state index contributed by atoms with van der Waals surface area (Å²) in [6.45, 7) is 2.16. The molecule has 1 fully saturated rings. The Hall–Kier alpha value is -1.99. The van der Waals surface area contributed by atoms with Crippen LogP contribution in [0.15, 0.2) is 24.3 Å². The van der Waals surface area contributed by atoms with Gasteiger partial charge >= 0.3 is 6.09 Å². The Morgan fingerprint density at radius 1 is 1.31 bits per heavy atom. The zero-order valence-electron chi connectivity index (χ0n) is 15.0. The molecule has 2 amide bonds. The van der Waals surface area contributed by atoms with E-state index in [1.54, 1.807) is 26.2 Å². The van der Waals surface area contributed by atoms with Crippen molar-refractivity contribution in [1.82, 2.24) is 10.2 Å². The molecular formula is C18H25ClN2O5. The summed E-state index contributed by atoms with van der Waals surface area (Å²) in [6, 6.07) is 7.31. The standard InChI is InChI=1S/C18H25ClN2O5/c1-17(19,11-13-3-5-14(26-2)6-4-13)15(22)20-12-18(25)7-9-21(10-8-18)16(23)24/h3-6,25H,7-12H2,1-2H3,(H,20,22)(H,23,24). The summed E-state index contributed by atoms with van der Waals surface area (Å²) in [5, 5.41) is 22.2. The number of nitrogens with one attached hydrogen (secondary N) is 1. The van der Waals surface area contributed by atoms with Crippen molar-refractivity contribution in [3.63, 3.8) is 0 Å². The molecule has 1 saturated heterocycles. The topological polar surface area (TPSA) is 99.1 Å². The summed E-state index contributed by atoms with van der Waals surface area (Å²) in [6.07, 6.45) is -0.118. The highest BCUT2D eigenvalue weighted by molar-refractivity contribution is 6.34. The van der Waals surface area contributed by atoms with Gasteiger partial charge in [0.2, 0.25) is 5.91 Å². The molecule has 1 aliphatic rings. The number of hydrogen-bond acceptors (Lipinski definition) is 4. The van der Waals surface area contributed by atoms with Gasteiger partial charge < -0.3 is 25.2 Å². The second kappa shape index (κ2) is 8.14. The summed E-state index contributed by atoms with van der Waals surface area (Å²) < 4.78 is 5.11. The van der Waals surface area contributed by atoms with Crippen molar-refractivity contribution >= 4 is 23.6 Å². The Morgan fingerprint density at radius 3 is 2.38 bits per heavy atom. The molecule has 0 saturated carbocycles. The van der Waals surface area contributed by atoms with Gasteiger partial charge in [-0.25, -0.2) is 4.79 Å². The zero-order valence-corrected chi connectivity index (χ0v) is 15.8. The zero-order chi connectivity index (χ0) is 19.4. The number of halogens is 1. The van der Waals surface area contributed by atoms with E-state index in [1.165, 1.54) is 4.90 Å². The van der Waals surface area contributed by atoms with Crippen LogP contribution in [0.4, 0.5) is 4.79 Å². The first-order valence-electron chi connectivity index (χ1n) is 8.46. The van der Waals surface area contributed by atoms with Gasteiger partial charge in [-0.15, -0.1) is 11.6 Å². The molecule has 26 heavy (non-hydrogen) atoms. The third-order valence-corrected chi connectivity index (χ3v) is 5.02. The van der Waals surface area contributed by atoms with Crippen molar-refractivity contribution in [2.45, 2.75) is 36.7 Å². The normalized spacial score (nSPS) is 18.7. The molecule has 0 radical (unpaired) electrons. The summed E-state index contributed by atoms with van der Waals surface area (Å²) in [5.74, 6) is 0.355. The van der Waals surface area contributed by atoms with E-state index in [0.717, 1.165) is 11.3 Å². The van der Waals surface area contributed by atoms with E-state index in [2.05, 4.69) is 5.32 Å². The third-order valence-electron chi connectivity index (χ3n) is 4.71. The molecule has 1 aromatic carbocycles. The lowest BCUT2D eigenvalue weighted by atomic mass is 9.91. The number of piperidine rings is 1. The highest BCUT2D eigenvalue weighted by Gasteiger charge is 2.37. The predicted octanol–water partition coefficient (Wildman–Crippen LogP) is 1.86. The number of methoxy groups -OCH3 is 1. The lowest BCUT2D eigenvalue weighted by Gasteiger charge is -2.37. The van der Waals surface area contributed by atoms with Gasteiger partial charge in [-0.2, -0.15) is 0 Å². The maximum Gasteiger partial charge on any atom is 0.407 e. The summed E-state index contributed by atoms with van der Waals surface area (Å²) in [7, 11) is 1.58. The van der Waals surface area contributed by atoms with Crippen LogP contribution < -0.4 is 10.1 Å². The van der Waals surface area contributed by atoms with E-state index < -0.39 is 16.6 Å². The van der Waals surface area contributed by atoms with E-state index in [-0.39, 0.29) is 38.4 Å². The Balaban J connectivity index is 1.88. The van der Waals surface area contributed by atoms with E-state index in [4.69, 9.17) is 21.4 Å². The molecule has 1 aliphatic heterocycles.